The number of aromatic nitrogens is 4. The molecule has 0 aliphatic carbocycles. The number of aryl methyl sites for hydroxylation is 2. The van der Waals surface area contributed by atoms with E-state index in [2.05, 4.69) is 15.3 Å². The smallest absolute Gasteiger partial charge is 0.278 e. The number of hydrogen-bond donors (Lipinski definition) is 1. The molecule has 0 radical (unpaired) electrons. The lowest BCUT2D eigenvalue weighted by atomic mass is 9.99. The maximum absolute atomic E-state index is 13.0. The molecule has 4 nitrogen and oxygen atoms in total. The van der Waals surface area contributed by atoms with E-state index in [-0.39, 0.29) is 0 Å². The minimum absolute atomic E-state index is 0.359. The quantitative estimate of drug-likeness (QED) is 0.727. The lowest BCUT2D eigenvalue weighted by Gasteiger charge is -2.09. The van der Waals surface area contributed by atoms with Gasteiger partial charge < -0.3 is 0 Å². The molecule has 0 saturated carbocycles. The Hall–Kier alpha value is -2.31. The Kier molecular flexibility index (Phi) is 4.25. The Morgan fingerprint density at radius 1 is 1.14 bits per heavy atom. The SMILES string of the molecule is CC.Cc1nn(C)cc1-c1cc(C(F)(F)F)cc2[nH]ncc12. The topological polar surface area (TPSA) is 46.5 Å². The van der Waals surface area contributed by atoms with E-state index in [9.17, 15) is 13.2 Å². The third-order valence-electron chi connectivity index (χ3n) is 3.19. The van der Waals surface area contributed by atoms with Crippen LogP contribution in [0, 0.1) is 6.92 Å². The number of nitrogens with zero attached hydrogens (tertiary/aromatic N) is 3. The summed E-state index contributed by atoms with van der Waals surface area (Å²) in [5.74, 6) is 0. The zero-order valence-electron chi connectivity index (χ0n) is 12.8. The molecule has 0 atom stereocenters. The Morgan fingerprint density at radius 3 is 2.36 bits per heavy atom. The summed E-state index contributed by atoms with van der Waals surface area (Å²) < 4.78 is 40.5. The van der Waals surface area contributed by atoms with Gasteiger partial charge in [0.15, 0.2) is 0 Å². The molecule has 0 aliphatic heterocycles. The average Bonchev–Trinajstić information content (AvgIpc) is 3.05. The summed E-state index contributed by atoms with van der Waals surface area (Å²) in [6, 6.07) is 2.21. The number of fused-ring (bicyclic) bond motifs is 1. The van der Waals surface area contributed by atoms with Crippen molar-refractivity contribution in [2.24, 2.45) is 7.05 Å². The molecule has 0 amide bonds. The summed E-state index contributed by atoms with van der Waals surface area (Å²) >= 11 is 0. The van der Waals surface area contributed by atoms with Gasteiger partial charge in [-0.25, -0.2) is 0 Å². The van der Waals surface area contributed by atoms with Crippen LogP contribution in [0.4, 0.5) is 13.2 Å². The molecule has 1 aromatic carbocycles. The lowest BCUT2D eigenvalue weighted by molar-refractivity contribution is -0.137. The van der Waals surface area contributed by atoms with Crippen molar-refractivity contribution in [2.45, 2.75) is 26.9 Å². The second kappa shape index (κ2) is 5.82. The van der Waals surface area contributed by atoms with Crippen LogP contribution in [0.15, 0.2) is 24.5 Å². The van der Waals surface area contributed by atoms with Crippen molar-refractivity contribution in [3.8, 4) is 11.1 Å². The van der Waals surface area contributed by atoms with Crippen LogP contribution in [-0.2, 0) is 13.2 Å². The van der Waals surface area contributed by atoms with Gasteiger partial charge in [0.05, 0.1) is 23.0 Å². The third kappa shape index (κ3) is 2.84. The fraction of sp³-hybridized carbons (Fsp3) is 0.333. The Morgan fingerprint density at radius 2 is 1.82 bits per heavy atom. The zero-order chi connectivity index (χ0) is 16.5. The van der Waals surface area contributed by atoms with E-state index in [4.69, 9.17) is 0 Å². The van der Waals surface area contributed by atoms with E-state index >= 15 is 0 Å². The highest BCUT2D eigenvalue weighted by atomic mass is 19.4. The first-order valence-corrected chi connectivity index (χ1v) is 6.91. The van der Waals surface area contributed by atoms with Gasteiger partial charge in [-0.05, 0) is 24.6 Å². The van der Waals surface area contributed by atoms with Gasteiger partial charge in [-0.3, -0.25) is 9.78 Å². The van der Waals surface area contributed by atoms with E-state index in [0.29, 0.717) is 27.7 Å². The Labute approximate surface area is 126 Å². The molecule has 3 rings (SSSR count). The molecular formula is C15H17F3N4. The van der Waals surface area contributed by atoms with E-state index in [1.165, 1.54) is 6.20 Å². The number of aromatic amines is 1. The molecule has 2 heterocycles. The molecule has 1 N–H and O–H groups in total. The maximum Gasteiger partial charge on any atom is 0.416 e. The van der Waals surface area contributed by atoms with Crippen molar-refractivity contribution >= 4 is 10.9 Å². The van der Waals surface area contributed by atoms with Gasteiger partial charge in [-0.2, -0.15) is 23.4 Å². The van der Waals surface area contributed by atoms with Gasteiger partial charge in [0, 0.05) is 24.2 Å². The molecule has 118 valence electrons. The predicted molar refractivity (Wildman–Crippen MR) is 79.4 cm³/mol. The molecule has 3 aromatic rings. The first kappa shape index (κ1) is 16.1. The normalized spacial score (nSPS) is 11.4. The van der Waals surface area contributed by atoms with Crippen molar-refractivity contribution in [3.05, 3.63) is 35.8 Å². The highest BCUT2D eigenvalue weighted by molar-refractivity contribution is 5.95. The minimum Gasteiger partial charge on any atom is -0.278 e. The minimum atomic E-state index is -4.40. The van der Waals surface area contributed by atoms with Crippen LogP contribution >= 0.6 is 0 Å². The molecule has 2 aromatic heterocycles. The lowest BCUT2D eigenvalue weighted by Crippen LogP contribution is -2.05. The standard InChI is InChI=1S/C13H11F3N4.C2H6/c1-7-11(6-20(2)19-7)9-3-8(13(14,15)16)4-12-10(9)5-17-18-12;1-2/h3-6H,1-2H3,(H,17,18);1-2H3. The largest absolute Gasteiger partial charge is 0.416 e. The highest BCUT2D eigenvalue weighted by Crippen LogP contribution is 2.37. The summed E-state index contributed by atoms with van der Waals surface area (Å²) in [7, 11) is 1.73. The number of hydrogen-bond acceptors (Lipinski definition) is 2. The first-order valence-electron chi connectivity index (χ1n) is 6.91. The number of alkyl halides is 3. The average molecular weight is 310 g/mol. The fourth-order valence-corrected chi connectivity index (χ4v) is 2.30. The van der Waals surface area contributed by atoms with Crippen LogP contribution in [0.1, 0.15) is 25.1 Å². The summed E-state index contributed by atoms with van der Waals surface area (Å²) in [6.45, 7) is 5.77. The maximum atomic E-state index is 13.0. The van der Waals surface area contributed by atoms with Gasteiger partial charge in [-0.1, -0.05) is 13.8 Å². The van der Waals surface area contributed by atoms with Crippen molar-refractivity contribution in [2.75, 3.05) is 0 Å². The summed E-state index contributed by atoms with van der Waals surface area (Å²) in [5, 5.41) is 11.2. The molecular weight excluding hydrogens is 293 g/mol. The Balaban J connectivity index is 0.000000847. The summed E-state index contributed by atoms with van der Waals surface area (Å²) in [5.41, 5.74) is 1.49. The third-order valence-corrected chi connectivity index (χ3v) is 3.19. The first-order chi connectivity index (χ1) is 10.4. The van der Waals surface area contributed by atoms with Crippen molar-refractivity contribution in [1.29, 1.82) is 0 Å². The second-order valence-corrected chi connectivity index (χ2v) is 4.65. The summed E-state index contributed by atoms with van der Waals surface area (Å²) in [4.78, 5) is 0. The van der Waals surface area contributed by atoms with E-state index in [0.717, 1.165) is 12.1 Å². The van der Waals surface area contributed by atoms with Crippen LogP contribution in [0.3, 0.4) is 0 Å². The van der Waals surface area contributed by atoms with Gasteiger partial charge >= 0.3 is 6.18 Å². The van der Waals surface area contributed by atoms with Gasteiger partial charge in [0.25, 0.3) is 0 Å². The van der Waals surface area contributed by atoms with Crippen molar-refractivity contribution in [3.63, 3.8) is 0 Å². The molecule has 0 spiro atoms. The van der Waals surface area contributed by atoms with Gasteiger partial charge in [0.2, 0.25) is 0 Å². The highest BCUT2D eigenvalue weighted by Gasteiger charge is 2.32. The monoisotopic (exact) mass is 310 g/mol. The fourth-order valence-electron chi connectivity index (χ4n) is 2.30. The van der Waals surface area contributed by atoms with Crippen LogP contribution in [0.25, 0.3) is 22.0 Å². The summed E-state index contributed by atoms with van der Waals surface area (Å²) in [6.07, 6.45) is -1.17. The molecule has 0 unspecified atom stereocenters. The predicted octanol–water partition coefficient (Wildman–Crippen LogP) is 4.32. The molecule has 7 heteroatoms. The van der Waals surface area contributed by atoms with Crippen LogP contribution in [-0.4, -0.2) is 20.0 Å². The Bertz CT molecular complexity index is 784. The number of rotatable bonds is 1. The number of halogens is 3. The van der Waals surface area contributed by atoms with Crippen LogP contribution in [0.5, 0.6) is 0 Å². The number of H-pyrrole nitrogens is 1. The molecule has 0 fully saturated rings. The van der Waals surface area contributed by atoms with Crippen molar-refractivity contribution in [1.82, 2.24) is 20.0 Å². The molecule has 0 aliphatic rings. The number of benzene rings is 1. The van der Waals surface area contributed by atoms with Crippen molar-refractivity contribution < 1.29 is 13.2 Å². The molecule has 0 bridgehead atoms. The number of nitrogens with one attached hydrogen (secondary N) is 1. The van der Waals surface area contributed by atoms with E-state index < -0.39 is 11.7 Å². The van der Waals surface area contributed by atoms with Crippen LogP contribution < -0.4 is 0 Å². The van der Waals surface area contributed by atoms with Crippen LogP contribution in [0.2, 0.25) is 0 Å². The van der Waals surface area contributed by atoms with E-state index in [1.807, 2.05) is 13.8 Å². The van der Waals surface area contributed by atoms with Gasteiger partial charge in [-0.15, -0.1) is 0 Å². The molecule has 0 saturated heterocycles. The van der Waals surface area contributed by atoms with E-state index in [1.54, 1.807) is 24.9 Å². The van der Waals surface area contributed by atoms with Gasteiger partial charge in [0.1, 0.15) is 0 Å². The zero-order valence-corrected chi connectivity index (χ0v) is 12.8. The second-order valence-electron chi connectivity index (χ2n) is 4.65. The molecule has 22 heavy (non-hydrogen) atoms.